The second-order valence-electron chi connectivity index (χ2n) is 5.35. The highest BCUT2D eigenvalue weighted by Crippen LogP contribution is 2.41. The van der Waals surface area contributed by atoms with Crippen LogP contribution in [0, 0.1) is 5.82 Å². The molecule has 0 atom stereocenters. The van der Waals surface area contributed by atoms with Gasteiger partial charge in [-0.05, 0) is 37.0 Å². The first-order chi connectivity index (χ1) is 10.2. The first-order valence-corrected chi connectivity index (χ1v) is 8.04. The van der Waals surface area contributed by atoms with Crippen molar-refractivity contribution in [3.8, 4) is 0 Å². The van der Waals surface area contributed by atoms with Crippen LogP contribution < -0.4 is 5.32 Å². The van der Waals surface area contributed by atoms with Crippen LogP contribution in [-0.4, -0.2) is 10.9 Å². The fraction of sp³-hybridized carbons (Fsp3) is 0.375. The molecular weight excluding hydrogens is 287 g/mol. The molecule has 5 heteroatoms. The van der Waals surface area contributed by atoms with Gasteiger partial charge in [-0.3, -0.25) is 4.79 Å². The number of hydrogen-bond donors (Lipinski definition) is 1. The van der Waals surface area contributed by atoms with Gasteiger partial charge in [0.1, 0.15) is 5.82 Å². The van der Waals surface area contributed by atoms with Gasteiger partial charge in [-0.15, -0.1) is 11.3 Å². The van der Waals surface area contributed by atoms with E-state index in [-0.39, 0.29) is 11.7 Å². The highest BCUT2D eigenvalue weighted by Gasteiger charge is 2.26. The lowest BCUT2D eigenvalue weighted by molar-refractivity contribution is -0.121. The molecular formula is C16H17FN2OS. The first-order valence-electron chi connectivity index (χ1n) is 7.16. The molecule has 1 aromatic heterocycles. The average molecular weight is 304 g/mol. The fourth-order valence-electron chi connectivity index (χ4n) is 2.11. The molecule has 3 nitrogen and oxygen atoms in total. The van der Waals surface area contributed by atoms with Crippen molar-refractivity contribution in [1.29, 1.82) is 0 Å². The zero-order chi connectivity index (χ0) is 14.7. The van der Waals surface area contributed by atoms with Crippen molar-refractivity contribution >= 4 is 17.2 Å². The maximum Gasteiger partial charge on any atom is 0.220 e. The number of carbonyl (C=O) groups excluding carboxylic acids is 1. The van der Waals surface area contributed by atoms with Gasteiger partial charge in [0.15, 0.2) is 0 Å². The van der Waals surface area contributed by atoms with Gasteiger partial charge in [0, 0.05) is 17.7 Å². The first kappa shape index (κ1) is 14.2. The molecule has 1 aromatic carbocycles. The van der Waals surface area contributed by atoms with Crippen LogP contribution in [-0.2, 0) is 17.8 Å². The Balaban J connectivity index is 1.42. The summed E-state index contributed by atoms with van der Waals surface area (Å²) < 4.78 is 12.8. The molecule has 1 aliphatic rings. The summed E-state index contributed by atoms with van der Waals surface area (Å²) in [6, 6.07) is 6.26. The Morgan fingerprint density at radius 1 is 1.33 bits per heavy atom. The Hall–Kier alpha value is -1.75. The summed E-state index contributed by atoms with van der Waals surface area (Å²) in [5.74, 6) is 0.413. The van der Waals surface area contributed by atoms with Gasteiger partial charge >= 0.3 is 0 Å². The SMILES string of the molecule is O=C(CCc1ccc(F)cc1)NCc1csc(C2CC2)n1. The molecule has 1 amide bonds. The van der Waals surface area contributed by atoms with Gasteiger partial charge in [0.05, 0.1) is 17.2 Å². The molecule has 1 fully saturated rings. The second kappa shape index (κ2) is 6.35. The van der Waals surface area contributed by atoms with Crippen molar-refractivity contribution < 1.29 is 9.18 Å². The number of aryl methyl sites for hydroxylation is 1. The molecule has 1 saturated carbocycles. The number of carbonyl (C=O) groups is 1. The van der Waals surface area contributed by atoms with Gasteiger partial charge in [-0.25, -0.2) is 9.37 Å². The van der Waals surface area contributed by atoms with Crippen LogP contribution in [0.2, 0.25) is 0 Å². The molecule has 110 valence electrons. The van der Waals surface area contributed by atoms with E-state index < -0.39 is 0 Å². The summed E-state index contributed by atoms with van der Waals surface area (Å²) in [7, 11) is 0. The lowest BCUT2D eigenvalue weighted by Crippen LogP contribution is -2.23. The second-order valence-corrected chi connectivity index (χ2v) is 6.24. The number of aromatic nitrogens is 1. The summed E-state index contributed by atoms with van der Waals surface area (Å²) in [6.07, 6.45) is 3.52. The van der Waals surface area contributed by atoms with Crippen molar-refractivity contribution in [3.63, 3.8) is 0 Å². The smallest absolute Gasteiger partial charge is 0.220 e. The summed E-state index contributed by atoms with van der Waals surface area (Å²) >= 11 is 1.69. The zero-order valence-corrected chi connectivity index (χ0v) is 12.5. The topological polar surface area (TPSA) is 42.0 Å². The highest BCUT2D eigenvalue weighted by molar-refractivity contribution is 7.09. The Labute approximate surface area is 127 Å². The molecule has 21 heavy (non-hydrogen) atoms. The fourth-order valence-corrected chi connectivity index (χ4v) is 3.10. The summed E-state index contributed by atoms with van der Waals surface area (Å²) in [5, 5.41) is 6.11. The molecule has 0 bridgehead atoms. The monoisotopic (exact) mass is 304 g/mol. The van der Waals surface area contributed by atoms with E-state index in [1.54, 1.807) is 23.5 Å². The molecule has 1 N–H and O–H groups in total. The predicted octanol–water partition coefficient (Wildman–Crippen LogP) is 3.41. The minimum absolute atomic E-state index is 0.000275. The van der Waals surface area contributed by atoms with Crippen molar-refractivity contribution in [2.75, 3.05) is 0 Å². The van der Waals surface area contributed by atoms with Crippen LogP contribution in [0.3, 0.4) is 0 Å². The standard InChI is InChI=1S/C16H17FN2OS/c17-13-6-1-11(2-7-13)3-8-15(20)18-9-14-10-21-16(19-14)12-4-5-12/h1-2,6-7,10,12H,3-5,8-9H2,(H,18,20). The van der Waals surface area contributed by atoms with Gasteiger partial charge in [0.2, 0.25) is 5.91 Å². The van der Waals surface area contributed by atoms with E-state index in [4.69, 9.17) is 0 Å². The maximum atomic E-state index is 12.8. The molecule has 2 aromatic rings. The van der Waals surface area contributed by atoms with Gasteiger partial charge in [-0.1, -0.05) is 12.1 Å². The molecule has 1 aliphatic carbocycles. The van der Waals surface area contributed by atoms with E-state index in [0.29, 0.717) is 25.3 Å². The van der Waals surface area contributed by atoms with Crippen LogP contribution >= 0.6 is 11.3 Å². The third-order valence-corrected chi connectivity index (χ3v) is 4.57. The molecule has 0 saturated heterocycles. The van der Waals surface area contributed by atoms with Crippen LogP contribution in [0.15, 0.2) is 29.6 Å². The van der Waals surface area contributed by atoms with Gasteiger partial charge < -0.3 is 5.32 Å². The molecule has 0 spiro atoms. The molecule has 0 radical (unpaired) electrons. The third kappa shape index (κ3) is 4.11. The molecule has 0 unspecified atom stereocenters. The number of thiazole rings is 1. The number of nitrogens with one attached hydrogen (secondary N) is 1. The quantitative estimate of drug-likeness (QED) is 0.888. The van der Waals surface area contributed by atoms with Crippen molar-refractivity contribution in [3.05, 3.63) is 51.7 Å². The number of amides is 1. The number of nitrogens with zero attached hydrogens (tertiary/aromatic N) is 1. The van der Waals surface area contributed by atoms with E-state index >= 15 is 0 Å². The van der Waals surface area contributed by atoms with E-state index in [0.717, 1.165) is 11.3 Å². The summed E-state index contributed by atoms with van der Waals surface area (Å²) in [6.45, 7) is 0.492. The molecule has 0 aliphatic heterocycles. The maximum absolute atomic E-state index is 12.8. The number of hydrogen-bond acceptors (Lipinski definition) is 3. The Bertz CT molecular complexity index is 619. The number of rotatable bonds is 6. The third-order valence-electron chi connectivity index (χ3n) is 3.52. The Morgan fingerprint density at radius 3 is 2.81 bits per heavy atom. The number of benzene rings is 1. The van der Waals surface area contributed by atoms with E-state index in [2.05, 4.69) is 10.3 Å². The van der Waals surface area contributed by atoms with Crippen LogP contribution in [0.5, 0.6) is 0 Å². The minimum Gasteiger partial charge on any atom is -0.350 e. The summed E-state index contributed by atoms with van der Waals surface area (Å²) in [5.41, 5.74) is 1.91. The van der Waals surface area contributed by atoms with Crippen molar-refractivity contribution in [1.82, 2.24) is 10.3 Å². The van der Waals surface area contributed by atoms with Crippen molar-refractivity contribution in [2.45, 2.75) is 38.1 Å². The predicted molar refractivity (Wildman–Crippen MR) is 80.7 cm³/mol. The lowest BCUT2D eigenvalue weighted by Gasteiger charge is -2.03. The van der Waals surface area contributed by atoms with Gasteiger partial charge in [0.25, 0.3) is 0 Å². The van der Waals surface area contributed by atoms with Crippen LogP contribution in [0.25, 0.3) is 0 Å². The average Bonchev–Trinajstić information content (AvgIpc) is 3.23. The van der Waals surface area contributed by atoms with E-state index in [1.807, 2.05) is 5.38 Å². The zero-order valence-electron chi connectivity index (χ0n) is 11.6. The van der Waals surface area contributed by atoms with Gasteiger partial charge in [-0.2, -0.15) is 0 Å². The highest BCUT2D eigenvalue weighted by atomic mass is 32.1. The Morgan fingerprint density at radius 2 is 2.10 bits per heavy atom. The largest absolute Gasteiger partial charge is 0.350 e. The lowest BCUT2D eigenvalue weighted by atomic mass is 10.1. The number of halogens is 1. The minimum atomic E-state index is -0.252. The Kier molecular flexibility index (Phi) is 4.29. The molecule has 1 heterocycles. The van der Waals surface area contributed by atoms with Crippen molar-refractivity contribution in [2.24, 2.45) is 0 Å². The summed E-state index contributed by atoms with van der Waals surface area (Å²) in [4.78, 5) is 16.3. The van der Waals surface area contributed by atoms with E-state index in [1.165, 1.54) is 30.0 Å². The van der Waals surface area contributed by atoms with Crippen LogP contribution in [0.4, 0.5) is 4.39 Å². The molecule has 3 rings (SSSR count). The van der Waals surface area contributed by atoms with E-state index in [9.17, 15) is 9.18 Å². The van der Waals surface area contributed by atoms with Crippen LogP contribution in [0.1, 0.15) is 41.4 Å². The normalized spacial score (nSPS) is 14.1.